The number of rotatable bonds is 6. The molecular formula is C27H30N5OP. The fourth-order valence-corrected chi connectivity index (χ4v) is 6.02. The van der Waals surface area contributed by atoms with Gasteiger partial charge in [0.05, 0.1) is 6.07 Å². The van der Waals surface area contributed by atoms with Gasteiger partial charge < -0.3 is 0 Å². The van der Waals surface area contributed by atoms with E-state index in [2.05, 4.69) is 36.2 Å². The van der Waals surface area contributed by atoms with Crippen molar-refractivity contribution in [1.29, 1.82) is 10.5 Å². The van der Waals surface area contributed by atoms with Crippen molar-refractivity contribution in [3.63, 3.8) is 0 Å². The molecule has 3 aromatic rings. The maximum absolute atomic E-state index is 9.47. The van der Waals surface area contributed by atoms with E-state index in [1.165, 1.54) is 0 Å². The Morgan fingerprint density at radius 3 is 2.44 bits per heavy atom. The molecule has 34 heavy (non-hydrogen) atoms. The van der Waals surface area contributed by atoms with Gasteiger partial charge in [0.2, 0.25) is 0 Å². The first-order chi connectivity index (χ1) is 16.4. The summed E-state index contributed by atoms with van der Waals surface area (Å²) in [7, 11) is -0.159. The van der Waals surface area contributed by atoms with Gasteiger partial charge in [0.25, 0.3) is 0 Å². The Hall–Kier alpha value is -3.31. The number of aromatic nitrogens is 2. The summed E-state index contributed by atoms with van der Waals surface area (Å²) < 4.78 is 5.45. The van der Waals surface area contributed by atoms with E-state index in [0.29, 0.717) is 17.3 Å². The number of ether oxygens (including phenoxy) is 1. The van der Waals surface area contributed by atoms with Crippen LogP contribution in [-0.2, 0) is 0 Å². The molecular weight excluding hydrogens is 441 g/mol. The standard InChI is InChI=1S/C27H30N5OP/c1-33-24-6-4-5-23(15-24)25-17-30-27(22-9-7-20(16-28)8-10-22)31-26(25)21-11-13-32(14-12-21)19-34(2,3)18-29/h4-10,15,17,21,34H,11-14,19H2,1-3H3. The molecule has 0 amide bonds. The van der Waals surface area contributed by atoms with Gasteiger partial charge in [-0.3, -0.25) is 0 Å². The van der Waals surface area contributed by atoms with Crippen LogP contribution >= 0.6 is 7.26 Å². The fourth-order valence-electron chi connectivity index (χ4n) is 4.51. The molecule has 2 aromatic carbocycles. The van der Waals surface area contributed by atoms with Crippen LogP contribution in [0.25, 0.3) is 22.5 Å². The van der Waals surface area contributed by atoms with Crippen molar-refractivity contribution in [3.8, 4) is 40.1 Å². The predicted molar refractivity (Wildman–Crippen MR) is 138 cm³/mol. The molecule has 1 saturated heterocycles. The number of methoxy groups -OCH3 is 1. The van der Waals surface area contributed by atoms with Crippen molar-refractivity contribution < 1.29 is 4.74 Å². The fraction of sp³-hybridized carbons (Fsp3) is 0.333. The molecule has 6 nitrogen and oxygen atoms in total. The first-order valence-electron chi connectivity index (χ1n) is 11.6. The first-order valence-corrected chi connectivity index (χ1v) is 14.8. The van der Waals surface area contributed by atoms with Gasteiger partial charge in [0.15, 0.2) is 0 Å². The third kappa shape index (κ3) is 5.42. The molecule has 7 heteroatoms. The molecule has 1 aliphatic rings. The Labute approximate surface area is 202 Å². The van der Waals surface area contributed by atoms with Crippen LogP contribution < -0.4 is 4.74 Å². The van der Waals surface area contributed by atoms with Gasteiger partial charge in [0, 0.05) is 0 Å². The Bertz CT molecular complexity index is 1240. The maximum atomic E-state index is 9.47. The van der Waals surface area contributed by atoms with E-state index in [4.69, 9.17) is 20.0 Å². The Kier molecular flexibility index (Phi) is 7.23. The molecule has 0 aliphatic carbocycles. The number of hydrogen-bond donors (Lipinski definition) is 0. The molecule has 0 saturated carbocycles. The average Bonchev–Trinajstić information content (AvgIpc) is 2.88. The van der Waals surface area contributed by atoms with Crippen LogP contribution in [0.2, 0.25) is 0 Å². The van der Waals surface area contributed by atoms with E-state index in [1.807, 2.05) is 36.5 Å². The molecule has 0 N–H and O–H groups in total. The molecule has 1 fully saturated rings. The van der Waals surface area contributed by atoms with E-state index in [0.717, 1.165) is 60.4 Å². The zero-order chi connectivity index (χ0) is 24.1. The predicted octanol–water partition coefficient (Wildman–Crippen LogP) is 5.32. The first kappa shape index (κ1) is 23.8. The summed E-state index contributed by atoms with van der Waals surface area (Å²) in [6, 6.07) is 17.6. The monoisotopic (exact) mass is 471 g/mol. The van der Waals surface area contributed by atoms with E-state index in [1.54, 1.807) is 19.2 Å². The number of hydrogen-bond acceptors (Lipinski definition) is 6. The van der Waals surface area contributed by atoms with Crippen LogP contribution in [0, 0.1) is 22.4 Å². The average molecular weight is 472 g/mol. The molecule has 1 aromatic heterocycles. The quantitative estimate of drug-likeness (QED) is 0.453. The number of piperidine rings is 1. The van der Waals surface area contributed by atoms with Crippen LogP contribution in [0.15, 0.2) is 54.7 Å². The van der Waals surface area contributed by atoms with Gasteiger partial charge in [-0.25, -0.2) is 0 Å². The summed E-state index contributed by atoms with van der Waals surface area (Å²) in [5.74, 6) is 4.34. The molecule has 0 unspecified atom stereocenters. The van der Waals surface area contributed by atoms with E-state index >= 15 is 0 Å². The molecule has 4 rings (SSSR count). The van der Waals surface area contributed by atoms with Crippen molar-refractivity contribution in [2.45, 2.75) is 18.8 Å². The van der Waals surface area contributed by atoms with Crippen molar-refractivity contribution in [1.82, 2.24) is 14.9 Å². The summed E-state index contributed by atoms with van der Waals surface area (Å²) in [6.07, 6.45) is 4.83. The van der Waals surface area contributed by atoms with Crippen molar-refractivity contribution >= 4 is 7.26 Å². The summed E-state index contributed by atoms with van der Waals surface area (Å²) in [4.78, 5) is 12.2. The second-order valence-corrected chi connectivity index (χ2v) is 13.8. The molecule has 0 atom stereocenters. The van der Waals surface area contributed by atoms with Crippen LogP contribution in [0.4, 0.5) is 0 Å². The molecule has 1 aliphatic heterocycles. The van der Waals surface area contributed by atoms with Gasteiger partial charge in [-0.15, -0.1) is 0 Å². The van der Waals surface area contributed by atoms with Gasteiger partial charge in [-0.2, -0.15) is 5.26 Å². The molecule has 2 heterocycles. The van der Waals surface area contributed by atoms with E-state index < -0.39 is 7.26 Å². The minimum atomic E-state index is -1.83. The molecule has 174 valence electrons. The molecule has 0 spiro atoms. The summed E-state index contributed by atoms with van der Waals surface area (Å²) >= 11 is 0. The zero-order valence-corrected chi connectivity index (χ0v) is 21.0. The van der Waals surface area contributed by atoms with Crippen molar-refractivity contribution in [3.05, 3.63) is 66.0 Å². The van der Waals surface area contributed by atoms with Crippen molar-refractivity contribution in [2.24, 2.45) is 0 Å². The minimum absolute atomic E-state index is 0.310. The molecule has 0 radical (unpaired) electrons. The second kappa shape index (κ2) is 10.3. The van der Waals surface area contributed by atoms with Crippen LogP contribution in [0.5, 0.6) is 5.75 Å². The summed E-state index contributed by atoms with van der Waals surface area (Å²) in [5, 5.41) is 18.6. The van der Waals surface area contributed by atoms with Gasteiger partial charge in [0.1, 0.15) is 0 Å². The molecule has 0 bridgehead atoms. The topological polar surface area (TPSA) is 85.8 Å². The van der Waals surface area contributed by atoms with Gasteiger partial charge in [-0.05, 0) is 0 Å². The number of likely N-dealkylation sites (tertiary alicyclic amines) is 1. The van der Waals surface area contributed by atoms with Crippen LogP contribution in [0.3, 0.4) is 0 Å². The normalized spacial score (nSPS) is 15.3. The number of benzene rings is 2. The third-order valence-electron chi connectivity index (χ3n) is 6.37. The Balaban J connectivity index is 1.68. The second-order valence-electron chi connectivity index (χ2n) is 9.46. The summed E-state index contributed by atoms with van der Waals surface area (Å²) in [6.45, 7) is 6.20. The SMILES string of the molecule is COc1cccc(-c2cnc(-c3ccc(C#N)cc3)nc2C2CCN(C[PH](C)(C)C#N)CC2)c1. The van der Waals surface area contributed by atoms with Crippen LogP contribution in [0.1, 0.15) is 30.0 Å². The van der Waals surface area contributed by atoms with E-state index in [9.17, 15) is 5.26 Å². The third-order valence-corrected chi connectivity index (χ3v) is 8.21. The number of nitriles is 2. The van der Waals surface area contributed by atoms with Crippen LogP contribution in [-0.4, -0.2) is 54.7 Å². The zero-order valence-electron chi connectivity index (χ0n) is 20.0. The van der Waals surface area contributed by atoms with Gasteiger partial charge >= 0.3 is 191 Å². The van der Waals surface area contributed by atoms with Gasteiger partial charge in [-0.1, -0.05) is 0 Å². The number of nitrogens with zero attached hydrogens (tertiary/aromatic N) is 5. The van der Waals surface area contributed by atoms with Crippen molar-refractivity contribution in [2.75, 3.05) is 39.8 Å². The summed E-state index contributed by atoms with van der Waals surface area (Å²) in [5.41, 5.74) is 4.64. The van der Waals surface area contributed by atoms with E-state index in [-0.39, 0.29) is 0 Å². The Morgan fingerprint density at radius 2 is 1.79 bits per heavy atom. The Morgan fingerprint density at radius 1 is 1.06 bits per heavy atom.